The van der Waals surface area contributed by atoms with Crippen LogP contribution >= 0.6 is 0 Å². The summed E-state index contributed by atoms with van der Waals surface area (Å²) < 4.78 is 11.3. The molecule has 2 aliphatic heterocycles. The molecule has 0 bridgehead atoms. The largest absolute Gasteiger partial charge is 0.487 e. The van der Waals surface area contributed by atoms with E-state index in [2.05, 4.69) is 21.9 Å². The van der Waals surface area contributed by atoms with Gasteiger partial charge in [-0.25, -0.2) is 0 Å². The number of nitrogens with zero attached hydrogens (tertiary/aromatic N) is 2. The van der Waals surface area contributed by atoms with E-state index in [0.717, 1.165) is 26.2 Å². The standard InChI is InChI=1S/C23H26N2O5/c1-16(26)22-21(28)19-8-5-9-20(23(19)30-22)29-15-18(27)14-24-10-12-25(13-11-24)17-6-3-2-4-7-17/h2-9,18,22,27H,10-15H2,1H3. The highest BCUT2D eigenvalue weighted by Gasteiger charge is 2.37. The molecule has 1 N–H and O–H groups in total. The number of benzene rings is 2. The number of rotatable bonds is 7. The number of fused-ring (bicyclic) bond motifs is 1. The van der Waals surface area contributed by atoms with E-state index in [1.165, 1.54) is 12.6 Å². The quantitative estimate of drug-likeness (QED) is 0.697. The summed E-state index contributed by atoms with van der Waals surface area (Å²) in [5.74, 6) is -0.0273. The van der Waals surface area contributed by atoms with Gasteiger partial charge in [-0.15, -0.1) is 0 Å². The first-order valence-electron chi connectivity index (χ1n) is 10.2. The second kappa shape index (κ2) is 8.85. The van der Waals surface area contributed by atoms with Crippen molar-refractivity contribution in [3.63, 3.8) is 0 Å². The third-order valence-corrected chi connectivity index (χ3v) is 5.48. The van der Waals surface area contributed by atoms with Gasteiger partial charge in [0.2, 0.25) is 11.9 Å². The fraction of sp³-hybridized carbons (Fsp3) is 0.391. The van der Waals surface area contributed by atoms with Gasteiger partial charge in [0.15, 0.2) is 17.3 Å². The molecule has 0 amide bonds. The van der Waals surface area contributed by atoms with Gasteiger partial charge in [-0.05, 0) is 31.2 Å². The fourth-order valence-electron chi connectivity index (χ4n) is 3.89. The van der Waals surface area contributed by atoms with E-state index in [1.54, 1.807) is 18.2 Å². The minimum Gasteiger partial charge on any atom is -0.487 e. The van der Waals surface area contributed by atoms with Crippen molar-refractivity contribution in [2.24, 2.45) is 0 Å². The Kier molecular flexibility index (Phi) is 6.01. The molecule has 2 atom stereocenters. The number of β-amino-alcohol motifs (C(OH)–C–C–N with tert-alkyl or cyclic N) is 1. The van der Waals surface area contributed by atoms with E-state index in [0.29, 0.717) is 17.9 Å². The molecule has 2 unspecified atom stereocenters. The number of hydrogen-bond donors (Lipinski definition) is 1. The molecule has 0 aliphatic carbocycles. The summed E-state index contributed by atoms with van der Waals surface area (Å²) in [6.45, 7) is 5.47. The van der Waals surface area contributed by atoms with Crippen molar-refractivity contribution < 1.29 is 24.2 Å². The van der Waals surface area contributed by atoms with Crippen LogP contribution in [0.5, 0.6) is 11.5 Å². The molecule has 0 saturated carbocycles. The number of Topliss-reactive ketones (excluding diaryl/α,β-unsaturated/α-hetero) is 2. The summed E-state index contributed by atoms with van der Waals surface area (Å²) in [5.41, 5.74) is 1.57. The lowest BCUT2D eigenvalue weighted by molar-refractivity contribution is -0.121. The number of hydrogen-bond acceptors (Lipinski definition) is 7. The molecule has 158 valence electrons. The normalized spacial score (nSPS) is 19.9. The van der Waals surface area contributed by atoms with E-state index in [4.69, 9.17) is 9.47 Å². The topological polar surface area (TPSA) is 79.3 Å². The van der Waals surface area contributed by atoms with Crippen LogP contribution in [0.4, 0.5) is 5.69 Å². The van der Waals surface area contributed by atoms with Crippen molar-refractivity contribution in [1.29, 1.82) is 0 Å². The number of aliphatic hydroxyl groups excluding tert-OH is 1. The minimum absolute atomic E-state index is 0.0810. The zero-order chi connectivity index (χ0) is 21.1. The Bertz CT molecular complexity index is 909. The van der Waals surface area contributed by atoms with Gasteiger partial charge in [-0.2, -0.15) is 0 Å². The molecule has 2 aromatic rings. The second-order valence-corrected chi connectivity index (χ2v) is 7.69. The third kappa shape index (κ3) is 4.32. The summed E-state index contributed by atoms with van der Waals surface area (Å²) in [7, 11) is 0. The zero-order valence-electron chi connectivity index (χ0n) is 17.0. The van der Waals surface area contributed by atoms with Gasteiger partial charge in [0.1, 0.15) is 12.7 Å². The van der Waals surface area contributed by atoms with Crippen molar-refractivity contribution >= 4 is 17.3 Å². The van der Waals surface area contributed by atoms with Crippen LogP contribution in [0.25, 0.3) is 0 Å². The van der Waals surface area contributed by atoms with Crippen molar-refractivity contribution in [2.45, 2.75) is 19.1 Å². The van der Waals surface area contributed by atoms with E-state index in [9.17, 15) is 14.7 Å². The molecule has 30 heavy (non-hydrogen) atoms. The van der Waals surface area contributed by atoms with Crippen LogP contribution in [0.2, 0.25) is 0 Å². The summed E-state index contributed by atoms with van der Waals surface area (Å²) in [6, 6.07) is 15.3. The predicted octanol–water partition coefficient (Wildman–Crippen LogP) is 1.78. The first-order chi connectivity index (χ1) is 14.5. The van der Waals surface area contributed by atoms with E-state index >= 15 is 0 Å². The molecular weight excluding hydrogens is 384 g/mol. The lowest BCUT2D eigenvalue weighted by atomic mass is 10.1. The number of para-hydroxylation sites is 2. The molecule has 0 aromatic heterocycles. The Labute approximate surface area is 175 Å². The Morgan fingerprint density at radius 1 is 1.13 bits per heavy atom. The molecule has 2 heterocycles. The lowest BCUT2D eigenvalue weighted by Crippen LogP contribution is -2.49. The van der Waals surface area contributed by atoms with Crippen LogP contribution in [0.3, 0.4) is 0 Å². The van der Waals surface area contributed by atoms with E-state index in [1.807, 2.05) is 18.2 Å². The van der Waals surface area contributed by atoms with Gasteiger partial charge in [0.25, 0.3) is 0 Å². The Morgan fingerprint density at radius 3 is 2.57 bits per heavy atom. The molecule has 0 radical (unpaired) electrons. The first kappa shape index (κ1) is 20.4. The number of aliphatic hydroxyl groups is 1. The SMILES string of the molecule is CC(=O)C1Oc2c(OCC(O)CN3CCN(c4ccccc4)CC3)cccc2C1=O. The van der Waals surface area contributed by atoms with Crippen LogP contribution in [0, 0.1) is 0 Å². The number of carbonyl (C=O) groups is 2. The third-order valence-electron chi connectivity index (χ3n) is 5.48. The molecule has 7 nitrogen and oxygen atoms in total. The fourth-order valence-corrected chi connectivity index (χ4v) is 3.89. The molecule has 0 spiro atoms. The van der Waals surface area contributed by atoms with Crippen molar-refractivity contribution in [3.05, 3.63) is 54.1 Å². The maximum atomic E-state index is 12.3. The number of ether oxygens (including phenoxy) is 2. The highest BCUT2D eigenvalue weighted by molar-refractivity contribution is 6.16. The molecule has 2 aliphatic rings. The van der Waals surface area contributed by atoms with Gasteiger partial charge in [-0.1, -0.05) is 24.3 Å². The van der Waals surface area contributed by atoms with Crippen LogP contribution in [0.1, 0.15) is 17.3 Å². The molecule has 2 aromatic carbocycles. The van der Waals surface area contributed by atoms with E-state index < -0.39 is 12.2 Å². The maximum Gasteiger partial charge on any atom is 0.219 e. The molecule has 7 heteroatoms. The van der Waals surface area contributed by atoms with Gasteiger partial charge >= 0.3 is 0 Å². The number of ketones is 2. The van der Waals surface area contributed by atoms with Crippen LogP contribution in [0.15, 0.2) is 48.5 Å². The zero-order valence-corrected chi connectivity index (χ0v) is 17.0. The number of anilines is 1. The van der Waals surface area contributed by atoms with Crippen LogP contribution in [-0.4, -0.2) is 73.1 Å². The highest BCUT2D eigenvalue weighted by atomic mass is 16.5. The van der Waals surface area contributed by atoms with Crippen LogP contribution in [-0.2, 0) is 4.79 Å². The minimum atomic E-state index is -1.10. The second-order valence-electron chi connectivity index (χ2n) is 7.69. The summed E-state index contributed by atoms with van der Waals surface area (Å²) in [6.07, 6.45) is -1.78. The molecular formula is C23H26N2O5. The Balaban J connectivity index is 1.28. The van der Waals surface area contributed by atoms with Gasteiger partial charge in [0, 0.05) is 38.4 Å². The summed E-state index contributed by atoms with van der Waals surface area (Å²) >= 11 is 0. The predicted molar refractivity (Wildman–Crippen MR) is 112 cm³/mol. The highest BCUT2D eigenvalue weighted by Crippen LogP contribution is 2.38. The number of carbonyl (C=O) groups excluding carboxylic acids is 2. The van der Waals surface area contributed by atoms with E-state index in [-0.39, 0.29) is 23.9 Å². The van der Waals surface area contributed by atoms with Gasteiger partial charge < -0.3 is 19.5 Å². The lowest BCUT2D eigenvalue weighted by Gasteiger charge is -2.36. The molecule has 4 rings (SSSR count). The monoisotopic (exact) mass is 410 g/mol. The Hall–Kier alpha value is -2.90. The van der Waals surface area contributed by atoms with Crippen molar-refractivity contribution in [3.8, 4) is 11.5 Å². The smallest absolute Gasteiger partial charge is 0.219 e. The summed E-state index contributed by atoms with van der Waals surface area (Å²) in [4.78, 5) is 28.4. The van der Waals surface area contributed by atoms with Gasteiger partial charge in [-0.3, -0.25) is 14.5 Å². The average molecular weight is 410 g/mol. The average Bonchev–Trinajstić information content (AvgIpc) is 3.11. The van der Waals surface area contributed by atoms with Crippen molar-refractivity contribution in [2.75, 3.05) is 44.2 Å². The molecule has 1 saturated heterocycles. The number of piperazine rings is 1. The molecule has 1 fully saturated rings. The van der Waals surface area contributed by atoms with Crippen LogP contribution < -0.4 is 14.4 Å². The Morgan fingerprint density at radius 2 is 1.87 bits per heavy atom. The van der Waals surface area contributed by atoms with Crippen molar-refractivity contribution in [1.82, 2.24) is 4.90 Å². The summed E-state index contributed by atoms with van der Waals surface area (Å²) in [5, 5.41) is 10.4. The maximum absolute atomic E-state index is 12.3. The first-order valence-corrected chi connectivity index (χ1v) is 10.2. The van der Waals surface area contributed by atoms with Gasteiger partial charge in [0.05, 0.1) is 5.56 Å².